The van der Waals surface area contributed by atoms with Gasteiger partial charge in [0.1, 0.15) is 0 Å². The molecule has 6 nitrogen and oxygen atoms in total. The minimum absolute atomic E-state index is 0.0440. The lowest BCUT2D eigenvalue weighted by molar-refractivity contribution is -0.118. The number of carbonyl (C=O) groups excluding carboxylic acids is 2. The fraction of sp³-hybridized carbons (Fsp3) is 0.467. The molecule has 2 amide bonds. The van der Waals surface area contributed by atoms with Crippen molar-refractivity contribution in [3.05, 3.63) is 29.8 Å². The van der Waals surface area contributed by atoms with Crippen LogP contribution in [0, 0.1) is 5.92 Å². The molecule has 0 spiro atoms. The number of nitrogens with one attached hydrogen (secondary N) is 3. The molecule has 0 saturated carbocycles. The molecule has 1 fully saturated rings. The van der Waals surface area contributed by atoms with E-state index in [4.69, 9.17) is 5.11 Å². The smallest absolute Gasteiger partial charge is 0.251 e. The molecule has 6 heteroatoms. The summed E-state index contributed by atoms with van der Waals surface area (Å²) in [7, 11) is 0. The van der Waals surface area contributed by atoms with Crippen molar-refractivity contribution in [2.45, 2.75) is 19.4 Å². The minimum Gasteiger partial charge on any atom is -0.395 e. The summed E-state index contributed by atoms with van der Waals surface area (Å²) in [5.74, 6) is 0.0408. The molecule has 1 aliphatic rings. The molecule has 1 aromatic rings. The number of hydrogen-bond acceptors (Lipinski definition) is 4. The van der Waals surface area contributed by atoms with Crippen LogP contribution in [-0.2, 0) is 4.79 Å². The van der Waals surface area contributed by atoms with Crippen molar-refractivity contribution in [3.63, 3.8) is 0 Å². The van der Waals surface area contributed by atoms with Gasteiger partial charge in [-0.2, -0.15) is 0 Å². The maximum absolute atomic E-state index is 12.1. The first kappa shape index (κ1) is 15.5. The highest BCUT2D eigenvalue weighted by molar-refractivity contribution is 5.97. The van der Waals surface area contributed by atoms with E-state index < -0.39 is 0 Å². The van der Waals surface area contributed by atoms with Crippen LogP contribution in [-0.4, -0.2) is 42.7 Å². The molecular formula is C15H21N3O3. The molecule has 0 bridgehead atoms. The van der Waals surface area contributed by atoms with E-state index in [-0.39, 0.29) is 31.0 Å². The topological polar surface area (TPSA) is 90.5 Å². The van der Waals surface area contributed by atoms with Crippen LogP contribution in [0.5, 0.6) is 0 Å². The Morgan fingerprint density at radius 1 is 1.33 bits per heavy atom. The molecule has 1 aliphatic heterocycles. The Labute approximate surface area is 123 Å². The number of rotatable bonds is 5. The monoisotopic (exact) mass is 291 g/mol. The van der Waals surface area contributed by atoms with Gasteiger partial charge in [0.2, 0.25) is 5.91 Å². The van der Waals surface area contributed by atoms with Crippen LogP contribution < -0.4 is 16.0 Å². The molecule has 0 aromatic heterocycles. The molecule has 0 aliphatic carbocycles. The van der Waals surface area contributed by atoms with Crippen molar-refractivity contribution in [1.82, 2.24) is 10.6 Å². The van der Waals surface area contributed by atoms with Crippen molar-refractivity contribution >= 4 is 17.5 Å². The highest BCUT2D eigenvalue weighted by Gasteiger charge is 2.29. The van der Waals surface area contributed by atoms with Crippen molar-refractivity contribution in [3.8, 4) is 0 Å². The zero-order chi connectivity index (χ0) is 15.2. The Hall–Kier alpha value is -1.92. The predicted octanol–water partition coefficient (Wildman–Crippen LogP) is 0.345. The second kappa shape index (κ2) is 7.19. The SMILES string of the molecule is CC1CCNC1C(=O)Nc1ccc(C(=O)NCCO)cc1. The number of amides is 2. The Kier molecular flexibility index (Phi) is 5.30. The molecule has 4 N–H and O–H groups in total. The second-order valence-electron chi connectivity index (χ2n) is 5.24. The Morgan fingerprint density at radius 2 is 2.05 bits per heavy atom. The van der Waals surface area contributed by atoms with Crippen LogP contribution in [0.25, 0.3) is 0 Å². The van der Waals surface area contributed by atoms with E-state index in [9.17, 15) is 9.59 Å². The van der Waals surface area contributed by atoms with Gasteiger partial charge in [0.05, 0.1) is 12.6 Å². The lowest BCUT2D eigenvalue weighted by Gasteiger charge is -2.15. The minimum atomic E-state index is -0.243. The van der Waals surface area contributed by atoms with E-state index in [1.807, 2.05) is 0 Å². The summed E-state index contributed by atoms with van der Waals surface area (Å²) >= 11 is 0. The third-order valence-corrected chi connectivity index (χ3v) is 3.63. The van der Waals surface area contributed by atoms with Gasteiger partial charge in [-0.1, -0.05) is 6.92 Å². The highest BCUT2D eigenvalue weighted by atomic mass is 16.3. The van der Waals surface area contributed by atoms with E-state index in [1.54, 1.807) is 24.3 Å². The number of anilines is 1. The number of hydrogen-bond donors (Lipinski definition) is 4. The first-order valence-corrected chi connectivity index (χ1v) is 7.15. The molecular weight excluding hydrogens is 270 g/mol. The zero-order valence-corrected chi connectivity index (χ0v) is 12.1. The summed E-state index contributed by atoms with van der Waals surface area (Å²) in [6.45, 7) is 3.05. The first-order chi connectivity index (χ1) is 10.1. The molecule has 2 rings (SSSR count). The molecule has 2 unspecified atom stereocenters. The fourth-order valence-corrected chi connectivity index (χ4v) is 2.38. The van der Waals surface area contributed by atoms with Crippen LogP contribution in [0.15, 0.2) is 24.3 Å². The average Bonchev–Trinajstić information content (AvgIpc) is 2.91. The maximum atomic E-state index is 12.1. The van der Waals surface area contributed by atoms with Gasteiger partial charge in [-0.15, -0.1) is 0 Å². The van der Waals surface area contributed by atoms with Gasteiger partial charge < -0.3 is 21.1 Å². The third kappa shape index (κ3) is 4.03. The molecule has 0 radical (unpaired) electrons. The molecule has 2 atom stereocenters. The van der Waals surface area contributed by atoms with Crippen LogP contribution in [0.2, 0.25) is 0 Å². The van der Waals surface area contributed by atoms with E-state index in [0.29, 0.717) is 17.2 Å². The first-order valence-electron chi connectivity index (χ1n) is 7.15. The molecule has 114 valence electrons. The van der Waals surface area contributed by atoms with Gasteiger partial charge in [-0.05, 0) is 43.1 Å². The van der Waals surface area contributed by atoms with Gasteiger partial charge >= 0.3 is 0 Å². The van der Waals surface area contributed by atoms with Gasteiger partial charge in [0.15, 0.2) is 0 Å². The van der Waals surface area contributed by atoms with Crippen molar-refractivity contribution in [1.29, 1.82) is 0 Å². The number of aliphatic hydroxyl groups excluding tert-OH is 1. The maximum Gasteiger partial charge on any atom is 0.251 e. The third-order valence-electron chi connectivity index (χ3n) is 3.63. The van der Waals surface area contributed by atoms with Crippen LogP contribution >= 0.6 is 0 Å². The lowest BCUT2D eigenvalue weighted by Crippen LogP contribution is -2.39. The highest BCUT2D eigenvalue weighted by Crippen LogP contribution is 2.17. The Balaban J connectivity index is 1.93. The summed E-state index contributed by atoms with van der Waals surface area (Å²) < 4.78 is 0. The Bertz CT molecular complexity index is 501. The van der Waals surface area contributed by atoms with Gasteiger partial charge in [0, 0.05) is 17.8 Å². The number of carbonyl (C=O) groups is 2. The van der Waals surface area contributed by atoms with Gasteiger partial charge in [-0.3, -0.25) is 9.59 Å². The summed E-state index contributed by atoms with van der Waals surface area (Å²) in [5.41, 5.74) is 1.16. The quantitative estimate of drug-likeness (QED) is 0.630. The largest absolute Gasteiger partial charge is 0.395 e. The van der Waals surface area contributed by atoms with Gasteiger partial charge in [-0.25, -0.2) is 0 Å². The second-order valence-corrected chi connectivity index (χ2v) is 5.24. The zero-order valence-electron chi connectivity index (χ0n) is 12.1. The fourth-order valence-electron chi connectivity index (χ4n) is 2.38. The molecule has 1 aromatic carbocycles. The normalized spacial score (nSPS) is 21.0. The van der Waals surface area contributed by atoms with Crippen molar-refractivity contribution in [2.24, 2.45) is 5.92 Å². The lowest BCUT2D eigenvalue weighted by atomic mass is 10.0. The summed E-state index contributed by atoms with van der Waals surface area (Å²) in [4.78, 5) is 23.8. The summed E-state index contributed by atoms with van der Waals surface area (Å²) in [6, 6.07) is 6.54. The standard InChI is InChI=1S/C15H21N3O3/c1-10-6-7-16-13(10)15(21)18-12-4-2-11(3-5-12)14(20)17-8-9-19/h2-5,10,13,16,19H,6-9H2,1H3,(H,17,20)(H,18,21). The van der Waals surface area contributed by atoms with Crippen LogP contribution in [0.4, 0.5) is 5.69 Å². The van der Waals surface area contributed by atoms with E-state index >= 15 is 0 Å². The van der Waals surface area contributed by atoms with E-state index in [2.05, 4.69) is 22.9 Å². The summed E-state index contributed by atoms with van der Waals surface area (Å²) in [6.07, 6.45) is 1.00. The van der Waals surface area contributed by atoms with Crippen LogP contribution in [0.1, 0.15) is 23.7 Å². The van der Waals surface area contributed by atoms with Crippen molar-refractivity contribution in [2.75, 3.05) is 25.0 Å². The molecule has 1 saturated heterocycles. The van der Waals surface area contributed by atoms with E-state index in [0.717, 1.165) is 13.0 Å². The van der Waals surface area contributed by atoms with Crippen molar-refractivity contribution < 1.29 is 14.7 Å². The average molecular weight is 291 g/mol. The van der Waals surface area contributed by atoms with Gasteiger partial charge in [0.25, 0.3) is 5.91 Å². The number of benzene rings is 1. The predicted molar refractivity (Wildman–Crippen MR) is 80.1 cm³/mol. The Morgan fingerprint density at radius 3 is 2.62 bits per heavy atom. The molecule has 21 heavy (non-hydrogen) atoms. The van der Waals surface area contributed by atoms with E-state index in [1.165, 1.54) is 0 Å². The summed E-state index contributed by atoms with van der Waals surface area (Å²) in [5, 5.41) is 17.3. The number of aliphatic hydroxyl groups is 1. The molecule has 1 heterocycles. The van der Waals surface area contributed by atoms with Crippen LogP contribution in [0.3, 0.4) is 0 Å².